The molecular weight excluding hydrogens is 308 g/mol. The van der Waals surface area contributed by atoms with Crippen LogP contribution >= 0.6 is 15.9 Å². The van der Waals surface area contributed by atoms with Crippen LogP contribution in [0.1, 0.15) is 5.56 Å². The van der Waals surface area contributed by atoms with Crippen molar-refractivity contribution in [3.8, 4) is 0 Å². The summed E-state index contributed by atoms with van der Waals surface area (Å²) in [6.07, 6.45) is 6.19. The van der Waals surface area contributed by atoms with Gasteiger partial charge in [0.2, 0.25) is 5.95 Å². The zero-order valence-corrected chi connectivity index (χ0v) is 12.1. The minimum absolute atomic E-state index is 0.397. The predicted octanol–water partition coefficient (Wildman–Crippen LogP) is 1.60. The van der Waals surface area contributed by atoms with Gasteiger partial charge in [-0.05, 0) is 40.0 Å². The van der Waals surface area contributed by atoms with Crippen molar-refractivity contribution in [3.05, 3.63) is 40.8 Å². The fourth-order valence-electron chi connectivity index (χ4n) is 1.65. The third-order valence-electron chi connectivity index (χ3n) is 2.70. The van der Waals surface area contributed by atoms with Crippen molar-refractivity contribution in [2.24, 2.45) is 5.84 Å². The number of rotatable bonds is 5. The molecule has 0 saturated carbocycles. The van der Waals surface area contributed by atoms with Gasteiger partial charge < -0.3 is 4.90 Å². The van der Waals surface area contributed by atoms with Gasteiger partial charge in [0.05, 0.1) is 4.47 Å². The van der Waals surface area contributed by atoms with E-state index >= 15 is 0 Å². The van der Waals surface area contributed by atoms with Gasteiger partial charge in [0.15, 0.2) is 0 Å². The zero-order chi connectivity index (χ0) is 13.7. The van der Waals surface area contributed by atoms with Crippen molar-refractivity contribution in [2.75, 3.05) is 23.9 Å². The highest BCUT2D eigenvalue weighted by atomic mass is 79.9. The van der Waals surface area contributed by atoms with E-state index in [-0.39, 0.29) is 0 Å². The van der Waals surface area contributed by atoms with Gasteiger partial charge in [0, 0.05) is 32.2 Å². The second-order valence-corrected chi connectivity index (χ2v) is 4.89. The predicted molar refractivity (Wildman–Crippen MR) is 78.8 cm³/mol. The minimum atomic E-state index is 0.397. The lowest BCUT2D eigenvalue weighted by Crippen LogP contribution is -2.23. The lowest BCUT2D eigenvalue weighted by Gasteiger charge is -2.19. The Bertz CT molecular complexity index is 533. The quantitative estimate of drug-likeness (QED) is 0.643. The Balaban J connectivity index is 2.05. The molecule has 3 N–H and O–H groups in total. The van der Waals surface area contributed by atoms with E-state index in [1.54, 1.807) is 18.6 Å². The maximum Gasteiger partial charge on any atom is 0.239 e. The first kappa shape index (κ1) is 13.7. The summed E-state index contributed by atoms with van der Waals surface area (Å²) in [7, 11) is 1.98. The summed E-state index contributed by atoms with van der Waals surface area (Å²) in [5, 5.41) is 0. The molecule has 0 radical (unpaired) electrons. The molecule has 0 atom stereocenters. The van der Waals surface area contributed by atoms with Crippen LogP contribution in [0.15, 0.2) is 35.2 Å². The summed E-state index contributed by atoms with van der Waals surface area (Å²) < 4.78 is 0.837. The Morgan fingerprint density at radius 2 is 2.11 bits per heavy atom. The number of halogens is 1. The summed E-state index contributed by atoms with van der Waals surface area (Å²) in [5.41, 5.74) is 3.69. The summed E-state index contributed by atoms with van der Waals surface area (Å²) in [6, 6.07) is 4.02. The first-order valence-electron chi connectivity index (χ1n) is 5.80. The molecule has 0 saturated heterocycles. The summed E-state index contributed by atoms with van der Waals surface area (Å²) in [6.45, 7) is 0.837. The number of aromatic nitrogens is 3. The average molecular weight is 323 g/mol. The third-order valence-corrected chi connectivity index (χ3v) is 3.26. The number of nitrogens with two attached hydrogens (primary N) is 1. The van der Waals surface area contributed by atoms with E-state index in [0.717, 1.165) is 23.3 Å². The molecule has 0 aromatic carbocycles. The Kier molecular flexibility index (Phi) is 4.64. The molecule has 0 unspecified atom stereocenters. The largest absolute Gasteiger partial charge is 0.358 e. The van der Waals surface area contributed by atoms with Gasteiger partial charge >= 0.3 is 0 Å². The molecule has 2 rings (SSSR count). The number of hydrazine groups is 1. The van der Waals surface area contributed by atoms with E-state index in [1.165, 1.54) is 5.56 Å². The van der Waals surface area contributed by atoms with Gasteiger partial charge in [-0.3, -0.25) is 10.4 Å². The lowest BCUT2D eigenvalue weighted by atomic mass is 10.2. The molecule has 100 valence electrons. The second-order valence-electron chi connectivity index (χ2n) is 4.04. The van der Waals surface area contributed by atoms with E-state index < -0.39 is 0 Å². The van der Waals surface area contributed by atoms with E-state index in [1.807, 2.05) is 24.1 Å². The van der Waals surface area contributed by atoms with Crippen LogP contribution in [-0.2, 0) is 6.42 Å². The molecule has 0 aliphatic carbocycles. The Hall–Kier alpha value is -1.73. The maximum atomic E-state index is 5.32. The number of hydrogen-bond acceptors (Lipinski definition) is 6. The lowest BCUT2D eigenvalue weighted by molar-refractivity contribution is 0.851. The molecule has 2 aromatic rings. The smallest absolute Gasteiger partial charge is 0.239 e. The molecule has 6 nitrogen and oxygen atoms in total. The average Bonchev–Trinajstić information content (AvgIpc) is 2.46. The Labute approximate surface area is 120 Å². The molecule has 0 fully saturated rings. The molecular formula is C12H15BrN6. The first-order valence-corrected chi connectivity index (χ1v) is 6.59. The van der Waals surface area contributed by atoms with Crippen LogP contribution in [0.2, 0.25) is 0 Å². The van der Waals surface area contributed by atoms with Crippen LogP contribution in [0.3, 0.4) is 0 Å². The zero-order valence-electron chi connectivity index (χ0n) is 10.5. The molecule has 0 aliphatic rings. The number of pyridine rings is 1. The topological polar surface area (TPSA) is 80.0 Å². The standard InChI is InChI=1S/C12H15BrN6/c1-19(7-4-9-2-5-15-6-3-9)11-10(13)8-16-12(17-11)18-14/h2-3,5-6,8H,4,7,14H2,1H3,(H,16,17,18). The molecule has 0 aliphatic heterocycles. The molecule has 7 heteroatoms. The highest BCUT2D eigenvalue weighted by Crippen LogP contribution is 2.23. The SMILES string of the molecule is CN(CCc1ccncc1)c1nc(NN)ncc1Br. The number of likely N-dealkylation sites (N-methyl/N-ethyl adjacent to an activating group) is 1. The first-order chi connectivity index (χ1) is 9.20. The highest BCUT2D eigenvalue weighted by Gasteiger charge is 2.09. The fourth-order valence-corrected chi connectivity index (χ4v) is 2.14. The van der Waals surface area contributed by atoms with E-state index in [9.17, 15) is 0 Å². The Morgan fingerprint density at radius 3 is 2.79 bits per heavy atom. The van der Waals surface area contributed by atoms with Crippen LogP contribution in [0.4, 0.5) is 11.8 Å². The maximum absolute atomic E-state index is 5.32. The summed E-state index contributed by atoms with van der Waals surface area (Å²) >= 11 is 3.44. The van der Waals surface area contributed by atoms with Crippen molar-refractivity contribution in [1.82, 2.24) is 15.0 Å². The molecule has 0 spiro atoms. The van der Waals surface area contributed by atoms with Crippen molar-refractivity contribution in [3.63, 3.8) is 0 Å². The molecule has 19 heavy (non-hydrogen) atoms. The van der Waals surface area contributed by atoms with Gasteiger partial charge in [0.1, 0.15) is 5.82 Å². The summed E-state index contributed by atoms with van der Waals surface area (Å²) in [4.78, 5) is 14.4. The van der Waals surface area contributed by atoms with Crippen LogP contribution in [0.5, 0.6) is 0 Å². The number of anilines is 2. The van der Waals surface area contributed by atoms with Crippen LogP contribution < -0.4 is 16.2 Å². The number of nitrogens with one attached hydrogen (secondary N) is 1. The summed E-state index contributed by atoms with van der Waals surface area (Å²) in [5.74, 6) is 6.52. The second kappa shape index (κ2) is 6.44. The van der Waals surface area contributed by atoms with Gasteiger partial charge in [-0.2, -0.15) is 4.98 Å². The molecule has 2 aromatic heterocycles. The molecule has 2 heterocycles. The normalized spacial score (nSPS) is 10.3. The van der Waals surface area contributed by atoms with Gasteiger partial charge in [0.25, 0.3) is 0 Å². The van der Waals surface area contributed by atoms with Crippen molar-refractivity contribution < 1.29 is 0 Å². The Morgan fingerprint density at radius 1 is 1.37 bits per heavy atom. The third kappa shape index (κ3) is 3.62. The van der Waals surface area contributed by atoms with Gasteiger partial charge in [-0.25, -0.2) is 10.8 Å². The fraction of sp³-hybridized carbons (Fsp3) is 0.250. The van der Waals surface area contributed by atoms with Crippen LogP contribution in [0.25, 0.3) is 0 Å². The highest BCUT2D eigenvalue weighted by molar-refractivity contribution is 9.10. The van der Waals surface area contributed by atoms with E-state index in [4.69, 9.17) is 5.84 Å². The van der Waals surface area contributed by atoms with E-state index in [2.05, 4.69) is 36.3 Å². The van der Waals surface area contributed by atoms with Gasteiger partial charge in [-0.1, -0.05) is 0 Å². The number of nitrogen functional groups attached to an aromatic ring is 1. The van der Waals surface area contributed by atoms with Crippen molar-refractivity contribution in [2.45, 2.75) is 6.42 Å². The minimum Gasteiger partial charge on any atom is -0.358 e. The van der Waals surface area contributed by atoms with E-state index in [0.29, 0.717) is 5.95 Å². The van der Waals surface area contributed by atoms with Gasteiger partial charge in [-0.15, -0.1) is 0 Å². The van der Waals surface area contributed by atoms with Crippen LogP contribution in [-0.4, -0.2) is 28.5 Å². The van der Waals surface area contributed by atoms with Crippen molar-refractivity contribution in [1.29, 1.82) is 0 Å². The van der Waals surface area contributed by atoms with Crippen LogP contribution in [0, 0.1) is 0 Å². The monoisotopic (exact) mass is 322 g/mol. The number of nitrogens with zero attached hydrogens (tertiary/aromatic N) is 4. The molecule has 0 amide bonds. The van der Waals surface area contributed by atoms with Crippen molar-refractivity contribution >= 4 is 27.7 Å². The molecule has 0 bridgehead atoms. The number of hydrogen-bond donors (Lipinski definition) is 2.